The van der Waals surface area contributed by atoms with Crippen molar-refractivity contribution in [3.05, 3.63) is 35.8 Å². The maximum Gasteiger partial charge on any atom is 0.161 e. The first-order valence-electron chi connectivity index (χ1n) is 9.06. The molecule has 0 unspecified atom stereocenters. The molecule has 3 rings (SSSR count). The number of aromatic nitrogens is 3. The van der Waals surface area contributed by atoms with Crippen LogP contribution >= 0.6 is 0 Å². The van der Waals surface area contributed by atoms with Crippen molar-refractivity contribution in [3.8, 4) is 11.4 Å². The molecule has 2 aromatic rings. The number of nitrogens with zero attached hydrogens (tertiary/aromatic N) is 4. The van der Waals surface area contributed by atoms with Crippen LogP contribution in [-0.2, 0) is 9.84 Å². The summed E-state index contributed by atoms with van der Waals surface area (Å²) in [5.74, 6) is 1.66. The molecule has 0 radical (unpaired) electrons. The first-order chi connectivity index (χ1) is 12.3. The van der Waals surface area contributed by atoms with Gasteiger partial charge in [-0.2, -0.15) is 0 Å². The zero-order valence-electron chi connectivity index (χ0n) is 15.9. The predicted molar refractivity (Wildman–Crippen MR) is 104 cm³/mol. The van der Waals surface area contributed by atoms with Crippen LogP contribution in [0, 0.1) is 13.8 Å². The van der Waals surface area contributed by atoms with Gasteiger partial charge in [-0.25, -0.2) is 18.4 Å². The third kappa shape index (κ3) is 3.09. The van der Waals surface area contributed by atoms with Gasteiger partial charge < -0.3 is 4.90 Å². The van der Waals surface area contributed by atoms with Gasteiger partial charge in [0.25, 0.3) is 0 Å². The largest absolute Gasteiger partial charge is 0.354 e. The molecule has 3 heterocycles. The van der Waals surface area contributed by atoms with Crippen molar-refractivity contribution in [2.75, 3.05) is 23.7 Å². The number of pyridine rings is 1. The van der Waals surface area contributed by atoms with Crippen molar-refractivity contribution in [2.45, 2.75) is 45.3 Å². The van der Waals surface area contributed by atoms with E-state index >= 15 is 0 Å². The van der Waals surface area contributed by atoms with Crippen LogP contribution in [0.3, 0.4) is 0 Å². The number of anilines is 1. The average Bonchev–Trinajstić information content (AvgIpc) is 2.65. The predicted octanol–water partition coefficient (Wildman–Crippen LogP) is 2.95. The SMILES string of the molecule is CCC1(CC)CN(c2nc(-c3ccncc3)nc(C)c2C)CCS1(=O)=O. The fraction of sp³-hybridized carbons (Fsp3) is 0.526. The molecular formula is C19H26N4O2S. The van der Waals surface area contributed by atoms with Crippen LogP contribution in [0.25, 0.3) is 11.4 Å². The molecule has 1 aliphatic rings. The molecule has 6 nitrogen and oxygen atoms in total. The standard InChI is InChI=1S/C19H26N4O2S/c1-5-19(6-2)13-23(11-12-26(19,24)25)18-14(3)15(4)21-17(22-18)16-7-9-20-10-8-16/h7-10H,5-6,11-13H2,1-4H3. The molecule has 0 N–H and O–H groups in total. The number of sulfone groups is 1. The Labute approximate surface area is 155 Å². The van der Waals surface area contributed by atoms with Crippen molar-refractivity contribution in [3.63, 3.8) is 0 Å². The van der Waals surface area contributed by atoms with Gasteiger partial charge in [-0.05, 0) is 38.8 Å². The molecule has 1 saturated heterocycles. The average molecular weight is 375 g/mol. The monoisotopic (exact) mass is 374 g/mol. The fourth-order valence-corrected chi connectivity index (χ4v) is 5.74. The first-order valence-corrected chi connectivity index (χ1v) is 10.7. The Morgan fingerprint density at radius 1 is 1.12 bits per heavy atom. The van der Waals surface area contributed by atoms with Gasteiger partial charge in [-0.15, -0.1) is 0 Å². The highest BCUT2D eigenvalue weighted by Crippen LogP contribution is 2.35. The molecule has 7 heteroatoms. The zero-order chi connectivity index (χ0) is 18.9. The maximum absolute atomic E-state index is 12.7. The normalized spacial score (nSPS) is 18.7. The highest BCUT2D eigenvalue weighted by atomic mass is 32.2. The van der Waals surface area contributed by atoms with Gasteiger partial charge in [0.15, 0.2) is 15.7 Å². The summed E-state index contributed by atoms with van der Waals surface area (Å²) in [5, 5.41) is 0. The van der Waals surface area contributed by atoms with Crippen LogP contribution in [0.1, 0.15) is 37.9 Å². The summed E-state index contributed by atoms with van der Waals surface area (Å²) in [6, 6.07) is 3.77. The van der Waals surface area contributed by atoms with Crippen LogP contribution in [0.15, 0.2) is 24.5 Å². The van der Waals surface area contributed by atoms with E-state index in [0.29, 0.717) is 31.8 Å². The molecule has 140 valence electrons. The van der Waals surface area contributed by atoms with E-state index in [0.717, 1.165) is 22.6 Å². The molecule has 0 bridgehead atoms. The summed E-state index contributed by atoms with van der Waals surface area (Å²) in [7, 11) is -3.10. The van der Waals surface area contributed by atoms with E-state index in [9.17, 15) is 8.42 Å². The Morgan fingerprint density at radius 3 is 2.38 bits per heavy atom. The summed E-state index contributed by atoms with van der Waals surface area (Å²) in [6.45, 7) is 8.85. The molecule has 26 heavy (non-hydrogen) atoms. The van der Waals surface area contributed by atoms with Crippen LogP contribution in [0.4, 0.5) is 5.82 Å². The maximum atomic E-state index is 12.7. The van der Waals surface area contributed by atoms with Crippen LogP contribution in [0.5, 0.6) is 0 Å². The lowest BCUT2D eigenvalue weighted by molar-refractivity contribution is 0.457. The Hall–Kier alpha value is -2.02. The minimum absolute atomic E-state index is 0.168. The molecule has 0 aliphatic carbocycles. The number of aryl methyl sites for hydroxylation is 1. The van der Waals surface area contributed by atoms with Crippen molar-refractivity contribution < 1.29 is 8.42 Å². The van der Waals surface area contributed by atoms with Crippen LogP contribution < -0.4 is 4.90 Å². The Morgan fingerprint density at radius 2 is 1.77 bits per heavy atom. The van der Waals surface area contributed by atoms with Gasteiger partial charge in [0.1, 0.15) is 5.82 Å². The number of hydrogen-bond acceptors (Lipinski definition) is 6. The summed E-state index contributed by atoms with van der Waals surface area (Å²) in [6.07, 6.45) is 4.67. The third-order valence-corrected chi connectivity index (χ3v) is 8.40. The summed E-state index contributed by atoms with van der Waals surface area (Å²) in [4.78, 5) is 15.6. The van der Waals surface area contributed by atoms with Gasteiger partial charge in [0.2, 0.25) is 0 Å². The Balaban J connectivity index is 2.05. The van der Waals surface area contributed by atoms with E-state index in [2.05, 4.69) is 14.9 Å². The van der Waals surface area contributed by atoms with Crippen LogP contribution in [-0.4, -0.2) is 47.0 Å². The fourth-order valence-electron chi connectivity index (χ4n) is 3.62. The van der Waals surface area contributed by atoms with E-state index in [1.807, 2.05) is 39.8 Å². The second-order valence-electron chi connectivity index (χ2n) is 6.95. The lowest BCUT2D eigenvalue weighted by atomic mass is 10.0. The van der Waals surface area contributed by atoms with E-state index in [1.54, 1.807) is 12.4 Å². The molecule has 0 saturated carbocycles. The Kier molecular flexibility index (Phi) is 5.01. The first kappa shape index (κ1) is 18.8. The van der Waals surface area contributed by atoms with Gasteiger partial charge in [-0.1, -0.05) is 13.8 Å². The van der Waals surface area contributed by atoms with Crippen molar-refractivity contribution >= 4 is 15.7 Å². The summed E-state index contributed by atoms with van der Waals surface area (Å²) >= 11 is 0. The van der Waals surface area contributed by atoms with Gasteiger partial charge in [-0.3, -0.25) is 4.98 Å². The third-order valence-electron chi connectivity index (χ3n) is 5.66. The topological polar surface area (TPSA) is 76.1 Å². The lowest BCUT2D eigenvalue weighted by Crippen LogP contribution is -2.56. The molecular weight excluding hydrogens is 348 g/mol. The van der Waals surface area contributed by atoms with Gasteiger partial charge in [0.05, 0.1) is 10.5 Å². The second kappa shape index (κ2) is 6.95. The molecule has 0 spiro atoms. The summed E-state index contributed by atoms with van der Waals surface area (Å²) in [5.41, 5.74) is 2.82. The number of hydrogen-bond donors (Lipinski definition) is 0. The molecule has 0 amide bonds. The molecule has 0 atom stereocenters. The molecule has 0 aromatic carbocycles. The van der Waals surface area contributed by atoms with E-state index in [-0.39, 0.29) is 5.75 Å². The van der Waals surface area contributed by atoms with Crippen molar-refractivity contribution in [1.29, 1.82) is 0 Å². The Bertz CT molecular complexity index is 893. The van der Waals surface area contributed by atoms with E-state index in [1.165, 1.54) is 0 Å². The van der Waals surface area contributed by atoms with E-state index in [4.69, 9.17) is 4.98 Å². The minimum Gasteiger partial charge on any atom is -0.354 e. The molecule has 2 aromatic heterocycles. The highest BCUT2D eigenvalue weighted by Gasteiger charge is 2.45. The van der Waals surface area contributed by atoms with Crippen LogP contribution in [0.2, 0.25) is 0 Å². The van der Waals surface area contributed by atoms with Gasteiger partial charge in [0, 0.05) is 42.3 Å². The lowest BCUT2D eigenvalue weighted by Gasteiger charge is -2.42. The minimum atomic E-state index is -3.10. The molecule has 1 aliphatic heterocycles. The number of rotatable bonds is 4. The smallest absolute Gasteiger partial charge is 0.161 e. The molecule has 1 fully saturated rings. The van der Waals surface area contributed by atoms with E-state index < -0.39 is 14.6 Å². The van der Waals surface area contributed by atoms with Gasteiger partial charge >= 0.3 is 0 Å². The quantitative estimate of drug-likeness (QED) is 0.819. The van der Waals surface area contributed by atoms with Crippen molar-refractivity contribution in [1.82, 2.24) is 15.0 Å². The second-order valence-corrected chi connectivity index (χ2v) is 9.45. The van der Waals surface area contributed by atoms with Crippen molar-refractivity contribution in [2.24, 2.45) is 0 Å². The highest BCUT2D eigenvalue weighted by molar-refractivity contribution is 7.92. The summed E-state index contributed by atoms with van der Waals surface area (Å²) < 4.78 is 24.7. The zero-order valence-corrected chi connectivity index (χ0v) is 16.7.